The summed E-state index contributed by atoms with van der Waals surface area (Å²) in [5.41, 5.74) is 0.983. The average molecular weight is 164 g/mol. The number of rotatable bonds is 2. The van der Waals surface area contributed by atoms with Gasteiger partial charge in [0, 0.05) is 6.61 Å². The van der Waals surface area contributed by atoms with E-state index in [9.17, 15) is 5.11 Å². The normalized spacial score (nSPS) is 27.1. The van der Waals surface area contributed by atoms with Crippen molar-refractivity contribution in [3.8, 4) is 5.75 Å². The zero-order chi connectivity index (χ0) is 8.55. The molecule has 0 spiro atoms. The lowest BCUT2D eigenvalue weighted by Gasteiger charge is -2.01. The molecule has 0 radical (unpaired) electrons. The topological polar surface area (TPSA) is 40.5 Å². The molecule has 12 heavy (non-hydrogen) atoms. The predicted molar refractivity (Wildman–Crippen MR) is 46.0 cm³/mol. The molecule has 2 rings (SSSR count). The highest BCUT2D eigenvalue weighted by molar-refractivity contribution is 5.38. The molecule has 0 saturated heterocycles. The molecular weight excluding hydrogens is 152 g/mol. The van der Waals surface area contributed by atoms with E-state index in [1.165, 1.54) is 0 Å². The number of aliphatic hydroxyl groups excluding tert-OH is 1. The van der Waals surface area contributed by atoms with Crippen LogP contribution in [0.25, 0.3) is 0 Å². The van der Waals surface area contributed by atoms with Crippen molar-refractivity contribution in [2.24, 2.45) is 5.92 Å². The highest BCUT2D eigenvalue weighted by atomic mass is 16.3. The Morgan fingerprint density at radius 3 is 2.67 bits per heavy atom. The molecule has 0 bridgehead atoms. The molecule has 2 N–H and O–H groups in total. The Hall–Kier alpha value is -1.02. The van der Waals surface area contributed by atoms with E-state index in [0.717, 1.165) is 12.0 Å². The highest BCUT2D eigenvalue weighted by Crippen LogP contribution is 2.49. The van der Waals surface area contributed by atoms with E-state index in [1.807, 2.05) is 18.2 Å². The minimum Gasteiger partial charge on any atom is -0.508 e. The van der Waals surface area contributed by atoms with Crippen LogP contribution in [0, 0.1) is 5.92 Å². The Morgan fingerprint density at radius 1 is 1.33 bits per heavy atom. The fraction of sp³-hybridized carbons (Fsp3) is 0.400. The third kappa shape index (κ3) is 1.18. The summed E-state index contributed by atoms with van der Waals surface area (Å²) < 4.78 is 0. The van der Waals surface area contributed by atoms with Gasteiger partial charge in [0.1, 0.15) is 5.75 Å². The van der Waals surface area contributed by atoms with Crippen molar-refractivity contribution in [3.05, 3.63) is 29.8 Å². The van der Waals surface area contributed by atoms with E-state index < -0.39 is 0 Å². The smallest absolute Gasteiger partial charge is 0.119 e. The van der Waals surface area contributed by atoms with Crippen LogP contribution in [0.2, 0.25) is 0 Å². The van der Waals surface area contributed by atoms with Crippen molar-refractivity contribution in [1.29, 1.82) is 0 Å². The summed E-state index contributed by atoms with van der Waals surface area (Å²) in [5, 5.41) is 18.3. The van der Waals surface area contributed by atoms with Gasteiger partial charge in [-0.05, 0) is 29.9 Å². The lowest BCUT2D eigenvalue weighted by molar-refractivity contribution is 0.273. The van der Waals surface area contributed by atoms with Crippen LogP contribution in [0.5, 0.6) is 5.75 Å². The van der Waals surface area contributed by atoms with E-state index in [0.29, 0.717) is 17.6 Å². The summed E-state index contributed by atoms with van der Waals surface area (Å²) in [5.74, 6) is 1.12. The summed E-state index contributed by atoms with van der Waals surface area (Å²) in [7, 11) is 0. The fourth-order valence-corrected chi connectivity index (χ4v) is 1.63. The van der Waals surface area contributed by atoms with Gasteiger partial charge in [-0.15, -0.1) is 0 Å². The van der Waals surface area contributed by atoms with Crippen LogP contribution < -0.4 is 0 Å². The van der Waals surface area contributed by atoms with Crippen LogP contribution >= 0.6 is 0 Å². The first-order valence-corrected chi connectivity index (χ1v) is 4.21. The molecule has 1 fully saturated rings. The van der Waals surface area contributed by atoms with E-state index >= 15 is 0 Å². The molecule has 1 aromatic carbocycles. The summed E-state index contributed by atoms with van der Waals surface area (Å²) in [6.07, 6.45) is 1.01. The second-order valence-electron chi connectivity index (χ2n) is 3.34. The minimum absolute atomic E-state index is 0.235. The van der Waals surface area contributed by atoms with Crippen LogP contribution in [0.15, 0.2) is 24.3 Å². The maximum atomic E-state index is 9.45. The number of aliphatic hydroxyl groups is 1. The molecule has 2 unspecified atom stereocenters. The van der Waals surface area contributed by atoms with E-state index in [1.54, 1.807) is 6.07 Å². The number of hydrogen-bond donors (Lipinski definition) is 2. The first-order chi connectivity index (χ1) is 5.83. The molecule has 1 aliphatic rings. The van der Waals surface area contributed by atoms with Crippen molar-refractivity contribution in [2.75, 3.05) is 6.61 Å². The molecule has 64 valence electrons. The Balaban J connectivity index is 2.19. The molecule has 0 aromatic heterocycles. The largest absolute Gasteiger partial charge is 0.508 e. The standard InChI is InChI=1S/C10H12O2/c11-6-7-5-9(7)8-3-1-2-4-10(8)12/h1-4,7,9,11-12H,5-6H2. The van der Waals surface area contributed by atoms with Gasteiger partial charge in [0.15, 0.2) is 0 Å². The zero-order valence-electron chi connectivity index (χ0n) is 6.77. The van der Waals surface area contributed by atoms with Gasteiger partial charge in [-0.2, -0.15) is 0 Å². The van der Waals surface area contributed by atoms with Crippen LogP contribution in [-0.4, -0.2) is 16.8 Å². The maximum absolute atomic E-state index is 9.45. The molecule has 0 amide bonds. The molecule has 1 aromatic rings. The average Bonchev–Trinajstić information content (AvgIpc) is 2.84. The van der Waals surface area contributed by atoms with Gasteiger partial charge in [-0.1, -0.05) is 18.2 Å². The number of phenols is 1. The molecular formula is C10H12O2. The van der Waals surface area contributed by atoms with Gasteiger partial charge < -0.3 is 10.2 Å². The van der Waals surface area contributed by atoms with Crippen molar-refractivity contribution in [2.45, 2.75) is 12.3 Å². The summed E-state index contributed by atoms with van der Waals surface area (Å²) in [6.45, 7) is 0.235. The number of para-hydroxylation sites is 1. The highest BCUT2D eigenvalue weighted by Gasteiger charge is 2.38. The van der Waals surface area contributed by atoms with Gasteiger partial charge >= 0.3 is 0 Å². The van der Waals surface area contributed by atoms with Gasteiger partial charge in [-0.3, -0.25) is 0 Å². The summed E-state index contributed by atoms with van der Waals surface area (Å²) >= 11 is 0. The molecule has 0 heterocycles. The van der Waals surface area contributed by atoms with Crippen molar-refractivity contribution < 1.29 is 10.2 Å². The maximum Gasteiger partial charge on any atom is 0.119 e. The molecule has 2 heteroatoms. The second-order valence-corrected chi connectivity index (χ2v) is 3.34. The Labute approximate surface area is 71.5 Å². The van der Waals surface area contributed by atoms with Crippen LogP contribution in [0.3, 0.4) is 0 Å². The first-order valence-electron chi connectivity index (χ1n) is 4.21. The van der Waals surface area contributed by atoms with Crippen LogP contribution in [0.1, 0.15) is 17.9 Å². The van der Waals surface area contributed by atoms with Crippen molar-refractivity contribution in [1.82, 2.24) is 0 Å². The quantitative estimate of drug-likeness (QED) is 0.695. The monoisotopic (exact) mass is 164 g/mol. The lowest BCUT2D eigenvalue weighted by Crippen LogP contribution is -1.88. The molecule has 2 atom stereocenters. The van der Waals surface area contributed by atoms with Crippen LogP contribution in [0.4, 0.5) is 0 Å². The molecule has 1 aliphatic carbocycles. The van der Waals surface area contributed by atoms with E-state index in [2.05, 4.69) is 0 Å². The van der Waals surface area contributed by atoms with Crippen LogP contribution in [-0.2, 0) is 0 Å². The molecule has 2 nitrogen and oxygen atoms in total. The van der Waals surface area contributed by atoms with Gasteiger partial charge in [0.2, 0.25) is 0 Å². The van der Waals surface area contributed by atoms with Crippen molar-refractivity contribution in [3.63, 3.8) is 0 Å². The van der Waals surface area contributed by atoms with E-state index in [-0.39, 0.29) is 6.61 Å². The minimum atomic E-state index is 0.235. The zero-order valence-corrected chi connectivity index (χ0v) is 6.77. The Bertz CT molecular complexity index is 283. The number of phenolic OH excluding ortho intramolecular Hbond substituents is 1. The third-order valence-electron chi connectivity index (χ3n) is 2.49. The van der Waals surface area contributed by atoms with Crippen molar-refractivity contribution >= 4 is 0 Å². The fourth-order valence-electron chi connectivity index (χ4n) is 1.63. The van der Waals surface area contributed by atoms with Gasteiger partial charge in [0.05, 0.1) is 0 Å². The summed E-state index contributed by atoms with van der Waals surface area (Å²) in [4.78, 5) is 0. The Morgan fingerprint density at radius 2 is 2.08 bits per heavy atom. The lowest BCUT2D eigenvalue weighted by atomic mass is 10.1. The van der Waals surface area contributed by atoms with Gasteiger partial charge in [-0.25, -0.2) is 0 Å². The van der Waals surface area contributed by atoms with E-state index in [4.69, 9.17) is 5.11 Å². The van der Waals surface area contributed by atoms with Gasteiger partial charge in [0.25, 0.3) is 0 Å². The molecule has 0 aliphatic heterocycles. The Kier molecular flexibility index (Phi) is 1.77. The number of aromatic hydroxyl groups is 1. The molecule has 1 saturated carbocycles. The predicted octanol–water partition coefficient (Wildman–Crippen LogP) is 1.49. The number of hydrogen-bond acceptors (Lipinski definition) is 2. The third-order valence-corrected chi connectivity index (χ3v) is 2.49. The first kappa shape index (κ1) is 7.62. The SMILES string of the molecule is OCC1CC1c1ccccc1O. The number of benzene rings is 1. The summed E-state index contributed by atoms with van der Waals surface area (Å²) in [6, 6.07) is 7.36. The second kappa shape index (κ2) is 2.79.